The summed E-state index contributed by atoms with van der Waals surface area (Å²) >= 11 is 0. The summed E-state index contributed by atoms with van der Waals surface area (Å²) in [4.78, 5) is 14.0. The number of rotatable bonds is 3. The zero-order valence-electron chi connectivity index (χ0n) is 12.1. The third-order valence-electron chi connectivity index (χ3n) is 3.96. The minimum atomic E-state index is -0.773. The molecule has 1 aliphatic rings. The zero-order chi connectivity index (χ0) is 15.4. The van der Waals surface area contributed by atoms with Crippen LogP contribution in [0.1, 0.15) is 32.6 Å². The number of carbonyl (C=O) groups excluding carboxylic acids is 1. The van der Waals surface area contributed by atoms with Crippen LogP contribution < -0.4 is 11.1 Å². The second-order valence-electron chi connectivity index (χ2n) is 5.41. The molecule has 2 rings (SSSR count). The molecule has 0 bridgehead atoms. The Bertz CT molecular complexity index is 502. The van der Waals surface area contributed by atoms with Gasteiger partial charge in [-0.05, 0) is 44.7 Å². The summed E-state index contributed by atoms with van der Waals surface area (Å²) in [6, 6.07) is 3.08. The van der Waals surface area contributed by atoms with Crippen molar-refractivity contribution in [2.45, 2.75) is 44.7 Å². The maximum absolute atomic E-state index is 13.6. The lowest BCUT2D eigenvalue weighted by atomic mass is 9.91. The van der Waals surface area contributed by atoms with Crippen LogP contribution in [0.5, 0.6) is 0 Å². The van der Waals surface area contributed by atoms with Crippen molar-refractivity contribution >= 4 is 11.7 Å². The molecule has 1 aromatic carbocycles. The van der Waals surface area contributed by atoms with E-state index in [9.17, 15) is 13.6 Å². The molecule has 1 fully saturated rings. The summed E-state index contributed by atoms with van der Waals surface area (Å²) in [5, 5.41) is 2.51. The lowest BCUT2D eigenvalue weighted by molar-refractivity contribution is 0.167. The van der Waals surface area contributed by atoms with Crippen LogP contribution in [-0.2, 0) is 0 Å². The number of hydrogen-bond donors (Lipinski definition) is 2. The zero-order valence-corrected chi connectivity index (χ0v) is 12.1. The van der Waals surface area contributed by atoms with Crippen molar-refractivity contribution in [3.63, 3.8) is 0 Å². The number of anilines is 1. The molecule has 116 valence electrons. The van der Waals surface area contributed by atoms with Crippen molar-refractivity contribution < 1.29 is 13.6 Å². The Kier molecular flexibility index (Phi) is 5.12. The fraction of sp³-hybridized carbons (Fsp3) is 0.533. The van der Waals surface area contributed by atoms with Crippen molar-refractivity contribution in [1.82, 2.24) is 4.90 Å². The Labute approximate surface area is 123 Å². The number of nitrogens with zero attached hydrogens (tertiary/aromatic N) is 1. The van der Waals surface area contributed by atoms with Crippen molar-refractivity contribution in [3.8, 4) is 0 Å². The second-order valence-corrected chi connectivity index (χ2v) is 5.41. The number of nitrogens with one attached hydrogen (secondary N) is 1. The molecule has 21 heavy (non-hydrogen) atoms. The molecule has 0 aliphatic heterocycles. The van der Waals surface area contributed by atoms with E-state index in [-0.39, 0.29) is 23.8 Å². The van der Waals surface area contributed by atoms with Gasteiger partial charge in [-0.2, -0.15) is 0 Å². The van der Waals surface area contributed by atoms with Crippen LogP contribution in [0, 0.1) is 11.6 Å². The first-order chi connectivity index (χ1) is 10.0. The van der Waals surface area contributed by atoms with Gasteiger partial charge < -0.3 is 16.0 Å². The third-order valence-corrected chi connectivity index (χ3v) is 3.96. The Hall–Kier alpha value is -1.69. The van der Waals surface area contributed by atoms with Gasteiger partial charge in [-0.25, -0.2) is 13.6 Å². The fourth-order valence-electron chi connectivity index (χ4n) is 2.76. The summed E-state index contributed by atoms with van der Waals surface area (Å²) < 4.78 is 26.4. The molecule has 0 spiro atoms. The molecule has 0 heterocycles. The van der Waals surface area contributed by atoms with Crippen LogP contribution >= 0.6 is 0 Å². The Morgan fingerprint density at radius 1 is 1.33 bits per heavy atom. The van der Waals surface area contributed by atoms with E-state index < -0.39 is 11.6 Å². The Morgan fingerprint density at radius 3 is 2.57 bits per heavy atom. The molecule has 4 nitrogen and oxygen atoms in total. The van der Waals surface area contributed by atoms with Gasteiger partial charge in [-0.15, -0.1) is 0 Å². The quantitative estimate of drug-likeness (QED) is 0.900. The van der Waals surface area contributed by atoms with Crippen LogP contribution in [0.3, 0.4) is 0 Å². The summed E-state index contributed by atoms with van der Waals surface area (Å²) in [7, 11) is 0. The van der Waals surface area contributed by atoms with Gasteiger partial charge >= 0.3 is 6.03 Å². The molecular weight excluding hydrogens is 276 g/mol. The normalized spacial score (nSPS) is 21.9. The topological polar surface area (TPSA) is 58.4 Å². The van der Waals surface area contributed by atoms with Gasteiger partial charge in [0.15, 0.2) is 0 Å². The Morgan fingerprint density at radius 2 is 2.00 bits per heavy atom. The van der Waals surface area contributed by atoms with Crippen molar-refractivity contribution in [2.24, 2.45) is 5.73 Å². The third kappa shape index (κ3) is 3.91. The van der Waals surface area contributed by atoms with Gasteiger partial charge in [-0.1, -0.05) is 0 Å². The number of carbonyl (C=O) groups is 1. The highest BCUT2D eigenvalue weighted by atomic mass is 19.1. The van der Waals surface area contributed by atoms with Crippen LogP contribution in [0.25, 0.3) is 0 Å². The summed E-state index contributed by atoms with van der Waals surface area (Å²) in [6.45, 7) is 2.42. The standard InChI is InChI=1S/C15H21F2N3O/c1-2-20(12-6-4-11(18)5-7-12)15(21)19-14-8-3-10(16)9-13(14)17/h3,8-9,11-12H,2,4-7,18H2,1H3,(H,19,21). The molecule has 0 aromatic heterocycles. The molecule has 1 aromatic rings. The molecule has 2 amide bonds. The molecule has 6 heteroatoms. The van der Waals surface area contributed by atoms with E-state index in [1.165, 1.54) is 6.07 Å². The van der Waals surface area contributed by atoms with Crippen molar-refractivity contribution in [3.05, 3.63) is 29.8 Å². The maximum atomic E-state index is 13.6. The molecule has 3 N–H and O–H groups in total. The van der Waals surface area contributed by atoms with E-state index in [2.05, 4.69) is 5.32 Å². The predicted octanol–water partition coefficient (Wildman–Crippen LogP) is 3.09. The number of nitrogens with two attached hydrogens (primary N) is 1. The first kappa shape index (κ1) is 15.7. The minimum absolute atomic E-state index is 0.00707. The molecule has 0 radical (unpaired) electrons. The van der Waals surface area contributed by atoms with Crippen molar-refractivity contribution in [1.29, 1.82) is 0 Å². The van der Waals surface area contributed by atoms with Gasteiger partial charge in [-0.3, -0.25) is 0 Å². The Balaban J connectivity index is 2.03. The SMILES string of the molecule is CCN(C(=O)Nc1ccc(F)cc1F)C1CCC(N)CC1. The molecule has 1 saturated carbocycles. The van der Waals surface area contributed by atoms with Crippen LogP contribution in [0.4, 0.5) is 19.3 Å². The highest BCUT2D eigenvalue weighted by Gasteiger charge is 2.27. The largest absolute Gasteiger partial charge is 0.328 e. The van der Waals surface area contributed by atoms with E-state index >= 15 is 0 Å². The monoisotopic (exact) mass is 297 g/mol. The fourth-order valence-corrected chi connectivity index (χ4v) is 2.76. The lowest BCUT2D eigenvalue weighted by Crippen LogP contribution is -2.46. The number of urea groups is 1. The van der Waals surface area contributed by atoms with E-state index in [1.807, 2.05) is 6.92 Å². The molecule has 0 unspecified atom stereocenters. The highest BCUT2D eigenvalue weighted by molar-refractivity contribution is 5.89. The van der Waals surface area contributed by atoms with Crippen LogP contribution in [0.2, 0.25) is 0 Å². The predicted molar refractivity (Wildman–Crippen MR) is 78.0 cm³/mol. The summed E-state index contributed by atoms with van der Waals surface area (Å²) in [6.07, 6.45) is 3.49. The molecule has 1 aliphatic carbocycles. The number of benzene rings is 1. The molecule has 0 saturated heterocycles. The van der Waals surface area contributed by atoms with Gasteiger partial charge in [0.1, 0.15) is 11.6 Å². The van der Waals surface area contributed by atoms with E-state index in [1.54, 1.807) is 4.90 Å². The van der Waals surface area contributed by atoms with Gasteiger partial charge in [0.25, 0.3) is 0 Å². The van der Waals surface area contributed by atoms with E-state index in [0.29, 0.717) is 6.54 Å². The second kappa shape index (κ2) is 6.85. The van der Waals surface area contributed by atoms with Crippen LogP contribution in [-0.4, -0.2) is 29.6 Å². The average Bonchev–Trinajstić information content (AvgIpc) is 2.45. The van der Waals surface area contributed by atoms with Gasteiger partial charge in [0.05, 0.1) is 5.69 Å². The van der Waals surface area contributed by atoms with E-state index in [0.717, 1.165) is 37.8 Å². The first-order valence-electron chi connectivity index (χ1n) is 7.29. The summed E-state index contributed by atoms with van der Waals surface area (Å²) in [5.41, 5.74) is 5.86. The lowest BCUT2D eigenvalue weighted by Gasteiger charge is -2.35. The molecule has 0 atom stereocenters. The number of amides is 2. The highest BCUT2D eigenvalue weighted by Crippen LogP contribution is 2.23. The minimum Gasteiger partial charge on any atom is -0.328 e. The smallest absolute Gasteiger partial charge is 0.322 e. The van der Waals surface area contributed by atoms with Crippen LogP contribution in [0.15, 0.2) is 18.2 Å². The number of halogens is 2. The molecular formula is C15H21F2N3O. The van der Waals surface area contributed by atoms with Gasteiger partial charge in [0.2, 0.25) is 0 Å². The first-order valence-corrected chi connectivity index (χ1v) is 7.29. The van der Waals surface area contributed by atoms with E-state index in [4.69, 9.17) is 5.73 Å². The maximum Gasteiger partial charge on any atom is 0.322 e. The summed E-state index contributed by atoms with van der Waals surface area (Å²) in [5.74, 6) is -1.44. The average molecular weight is 297 g/mol. The van der Waals surface area contributed by atoms with Gasteiger partial charge in [0, 0.05) is 24.7 Å². The number of hydrogen-bond acceptors (Lipinski definition) is 2. The van der Waals surface area contributed by atoms with Crippen molar-refractivity contribution in [2.75, 3.05) is 11.9 Å².